The lowest BCUT2D eigenvalue weighted by atomic mass is 10.2. The number of ether oxygens (including phenoxy) is 1. The van der Waals surface area contributed by atoms with Crippen LogP contribution < -0.4 is 10.6 Å². The predicted octanol–water partition coefficient (Wildman–Crippen LogP) is 1.57. The zero-order valence-electron chi connectivity index (χ0n) is 13.1. The molecule has 0 amide bonds. The first-order chi connectivity index (χ1) is 10.1. The molecule has 1 rings (SSSR count). The van der Waals surface area contributed by atoms with Crippen LogP contribution in [0.15, 0.2) is 11.2 Å². The van der Waals surface area contributed by atoms with Crippen LogP contribution in [-0.4, -0.2) is 37.1 Å². The molecule has 0 saturated carbocycles. The fourth-order valence-corrected chi connectivity index (χ4v) is 2.39. The molecule has 0 bridgehead atoms. The summed E-state index contributed by atoms with van der Waals surface area (Å²) in [7, 11) is 1.39. The molecular weight excluding hydrogens is 288 g/mol. The molecular formula is C14H24N4O2S. The van der Waals surface area contributed by atoms with E-state index in [1.54, 1.807) is 11.3 Å². The van der Waals surface area contributed by atoms with Crippen molar-refractivity contribution >= 4 is 23.3 Å². The summed E-state index contributed by atoms with van der Waals surface area (Å²) in [4.78, 5) is 21.4. The van der Waals surface area contributed by atoms with Gasteiger partial charge in [-0.05, 0) is 13.3 Å². The van der Waals surface area contributed by atoms with E-state index >= 15 is 0 Å². The van der Waals surface area contributed by atoms with Crippen LogP contribution in [0.3, 0.4) is 0 Å². The summed E-state index contributed by atoms with van der Waals surface area (Å²) in [6.07, 6.45) is 2.89. The number of carbonyl (C=O) groups excluding carboxylic acids is 1. The maximum atomic E-state index is 11.4. The molecule has 0 aliphatic rings. The maximum absolute atomic E-state index is 11.4. The highest BCUT2D eigenvalue weighted by Gasteiger charge is 2.13. The second kappa shape index (κ2) is 9.33. The van der Waals surface area contributed by atoms with Crippen LogP contribution in [0.25, 0.3) is 0 Å². The summed E-state index contributed by atoms with van der Waals surface area (Å²) < 4.78 is 4.70. The van der Waals surface area contributed by atoms with Crippen molar-refractivity contribution in [1.29, 1.82) is 0 Å². The Hall–Kier alpha value is -1.63. The van der Waals surface area contributed by atoms with Gasteiger partial charge in [-0.2, -0.15) is 0 Å². The number of nitrogens with zero attached hydrogens (tertiary/aromatic N) is 2. The number of aliphatic imine (C=N–C) groups is 1. The number of thiazole rings is 1. The monoisotopic (exact) mass is 312 g/mol. The Morgan fingerprint density at radius 1 is 1.48 bits per heavy atom. The number of aromatic nitrogens is 1. The summed E-state index contributed by atoms with van der Waals surface area (Å²) in [6.45, 7) is 7.70. The zero-order chi connectivity index (χ0) is 15.7. The number of hydrogen-bond donors (Lipinski definition) is 2. The van der Waals surface area contributed by atoms with Crippen molar-refractivity contribution in [3.05, 3.63) is 16.1 Å². The number of rotatable bonds is 7. The molecule has 1 aromatic heterocycles. The number of aryl methyl sites for hydroxylation is 1. The molecule has 0 aliphatic heterocycles. The van der Waals surface area contributed by atoms with Gasteiger partial charge in [0.1, 0.15) is 5.01 Å². The Labute approximate surface area is 130 Å². The third-order valence-electron chi connectivity index (χ3n) is 2.85. The Kier molecular flexibility index (Phi) is 7.74. The number of carbonyl (C=O) groups is 1. The second-order valence-corrected chi connectivity index (χ2v) is 5.77. The second-order valence-electron chi connectivity index (χ2n) is 4.57. The molecule has 6 nitrogen and oxygen atoms in total. The van der Waals surface area contributed by atoms with Gasteiger partial charge in [0.25, 0.3) is 0 Å². The van der Waals surface area contributed by atoms with Crippen molar-refractivity contribution in [1.82, 2.24) is 15.6 Å². The Bertz CT molecular complexity index is 473. The van der Waals surface area contributed by atoms with Gasteiger partial charge in [-0.1, -0.05) is 13.8 Å². The Morgan fingerprint density at radius 2 is 2.24 bits per heavy atom. The van der Waals surface area contributed by atoms with Gasteiger partial charge in [0.2, 0.25) is 0 Å². The van der Waals surface area contributed by atoms with Gasteiger partial charge in [0.15, 0.2) is 5.96 Å². The lowest BCUT2D eigenvalue weighted by Gasteiger charge is -2.14. The van der Waals surface area contributed by atoms with Gasteiger partial charge >= 0.3 is 5.97 Å². The maximum Gasteiger partial charge on any atom is 0.310 e. The predicted molar refractivity (Wildman–Crippen MR) is 85.5 cm³/mol. The molecule has 2 N–H and O–H groups in total. The zero-order valence-corrected chi connectivity index (χ0v) is 13.9. The van der Waals surface area contributed by atoms with Gasteiger partial charge < -0.3 is 15.4 Å². The molecule has 0 spiro atoms. The number of nitrogens with one attached hydrogen (secondary N) is 2. The first kappa shape index (κ1) is 17.4. The van der Waals surface area contributed by atoms with E-state index in [1.807, 2.05) is 20.0 Å². The minimum Gasteiger partial charge on any atom is -0.469 e. The average Bonchev–Trinajstić information content (AvgIpc) is 2.96. The SMILES string of the molecule is CCNC(=NCc1ncc(CC)s1)NCC(C)C(=O)OC. The summed E-state index contributed by atoms with van der Waals surface area (Å²) in [6, 6.07) is 0. The molecule has 0 aromatic carbocycles. The van der Waals surface area contributed by atoms with Crippen molar-refractivity contribution in [2.75, 3.05) is 20.2 Å². The van der Waals surface area contributed by atoms with E-state index in [1.165, 1.54) is 12.0 Å². The molecule has 21 heavy (non-hydrogen) atoms. The van der Waals surface area contributed by atoms with Crippen LogP contribution in [0, 0.1) is 5.92 Å². The largest absolute Gasteiger partial charge is 0.469 e. The Balaban J connectivity index is 2.55. The van der Waals surface area contributed by atoms with Crippen molar-refractivity contribution in [2.45, 2.75) is 33.7 Å². The van der Waals surface area contributed by atoms with Gasteiger partial charge in [0, 0.05) is 24.2 Å². The van der Waals surface area contributed by atoms with Crippen molar-refractivity contribution in [3.63, 3.8) is 0 Å². The van der Waals surface area contributed by atoms with E-state index in [0.717, 1.165) is 18.0 Å². The first-order valence-corrected chi connectivity index (χ1v) is 7.95. The quantitative estimate of drug-likeness (QED) is 0.454. The Morgan fingerprint density at radius 3 is 2.81 bits per heavy atom. The molecule has 0 fully saturated rings. The summed E-state index contributed by atoms with van der Waals surface area (Å²) in [5.41, 5.74) is 0. The van der Waals surface area contributed by atoms with Crippen molar-refractivity contribution in [3.8, 4) is 0 Å². The van der Waals surface area contributed by atoms with E-state index in [4.69, 9.17) is 4.74 Å². The molecule has 0 aliphatic carbocycles. The third kappa shape index (κ3) is 6.12. The topological polar surface area (TPSA) is 75.6 Å². The minimum atomic E-state index is -0.231. The van der Waals surface area contributed by atoms with Gasteiger partial charge in [-0.3, -0.25) is 4.79 Å². The lowest BCUT2D eigenvalue weighted by molar-refractivity contribution is -0.144. The standard InChI is InChI=1S/C14H24N4O2S/c1-5-11-8-16-12(21-11)9-18-14(15-6-2)17-7-10(3)13(19)20-4/h8,10H,5-7,9H2,1-4H3,(H2,15,17,18). The summed E-state index contributed by atoms with van der Waals surface area (Å²) >= 11 is 1.68. The lowest BCUT2D eigenvalue weighted by Crippen LogP contribution is -2.40. The van der Waals surface area contributed by atoms with Crippen molar-refractivity contribution in [2.24, 2.45) is 10.9 Å². The molecule has 7 heteroatoms. The minimum absolute atomic E-state index is 0.217. The molecule has 1 unspecified atom stereocenters. The summed E-state index contributed by atoms with van der Waals surface area (Å²) in [5, 5.41) is 7.28. The van der Waals surface area contributed by atoms with Gasteiger partial charge in [-0.15, -0.1) is 11.3 Å². The number of esters is 1. The smallest absolute Gasteiger partial charge is 0.310 e. The normalized spacial score (nSPS) is 12.9. The molecule has 118 valence electrons. The highest BCUT2D eigenvalue weighted by molar-refractivity contribution is 7.11. The number of hydrogen-bond acceptors (Lipinski definition) is 5. The van der Waals surface area contributed by atoms with E-state index in [2.05, 4.69) is 27.5 Å². The fraction of sp³-hybridized carbons (Fsp3) is 0.643. The highest BCUT2D eigenvalue weighted by atomic mass is 32.1. The van der Waals surface area contributed by atoms with E-state index < -0.39 is 0 Å². The highest BCUT2D eigenvalue weighted by Crippen LogP contribution is 2.13. The van der Waals surface area contributed by atoms with E-state index in [-0.39, 0.29) is 11.9 Å². The van der Waals surface area contributed by atoms with Gasteiger partial charge in [0.05, 0.1) is 19.6 Å². The van der Waals surface area contributed by atoms with Crippen LogP contribution in [-0.2, 0) is 22.5 Å². The number of methoxy groups -OCH3 is 1. The third-order valence-corrected chi connectivity index (χ3v) is 3.97. The fourth-order valence-electron chi connectivity index (χ4n) is 1.61. The molecule has 1 heterocycles. The van der Waals surface area contributed by atoms with Crippen molar-refractivity contribution < 1.29 is 9.53 Å². The van der Waals surface area contributed by atoms with Crippen LogP contribution in [0.2, 0.25) is 0 Å². The van der Waals surface area contributed by atoms with Gasteiger partial charge in [-0.25, -0.2) is 9.98 Å². The van der Waals surface area contributed by atoms with Crippen LogP contribution in [0.4, 0.5) is 0 Å². The van der Waals surface area contributed by atoms with Crippen LogP contribution in [0.1, 0.15) is 30.7 Å². The summed E-state index contributed by atoms with van der Waals surface area (Å²) in [5.74, 6) is 0.234. The van der Waals surface area contributed by atoms with Crippen LogP contribution >= 0.6 is 11.3 Å². The van der Waals surface area contributed by atoms with Crippen LogP contribution in [0.5, 0.6) is 0 Å². The van der Waals surface area contributed by atoms with E-state index in [9.17, 15) is 4.79 Å². The van der Waals surface area contributed by atoms with E-state index in [0.29, 0.717) is 19.0 Å². The molecule has 1 aromatic rings. The molecule has 1 atom stereocenters. The first-order valence-electron chi connectivity index (χ1n) is 7.14. The average molecular weight is 312 g/mol. The number of guanidine groups is 1. The molecule has 0 saturated heterocycles. The molecule has 0 radical (unpaired) electrons.